The van der Waals surface area contributed by atoms with Crippen LogP contribution >= 0.6 is 11.6 Å². The van der Waals surface area contributed by atoms with Gasteiger partial charge in [0.1, 0.15) is 18.2 Å². The zero-order chi connectivity index (χ0) is 18.9. The fraction of sp³-hybridized carbons (Fsp3) is 0.200. The number of hydrogen-bond acceptors (Lipinski definition) is 6. The first kappa shape index (κ1) is 18.9. The first-order chi connectivity index (χ1) is 13.2. The molecule has 7 heteroatoms. The van der Waals surface area contributed by atoms with Crippen molar-refractivity contribution in [2.24, 2.45) is 0 Å². The van der Waals surface area contributed by atoms with Crippen molar-refractivity contribution >= 4 is 29.1 Å². The van der Waals surface area contributed by atoms with Crippen LogP contribution < -0.4 is 15.4 Å². The molecule has 0 amide bonds. The Morgan fingerprint density at radius 1 is 1.00 bits per heavy atom. The second kappa shape index (κ2) is 9.75. The minimum Gasteiger partial charge on any atom is -0.489 e. The summed E-state index contributed by atoms with van der Waals surface area (Å²) in [6.45, 7) is 1.74. The fourth-order valence-corrected chi connectivity index (χ4v) is 2.43. The molecule has 0 spiro atoms. The molecular weight excluding hydrogens is 364 g/mol. The number of nitrogens with one attached hydrogen (secondary N) is 2. The van der Waals surface area contributed by atoms with Crippen LogP contribution in [-0.2, 0) is 11.3 Å². The molecule has 0 radical (unpaired) electrons. The van der Waals surface area contributed by atoms with Gasteiger partial charge in [-0.1, -0.05) is 23.7 Å². The van der Waals surface area contributed by atoms with Crippen LogP contribution in [0.4, 0.5) is 17.5 Å². The average Bonchev–Trinajstić information content (AvgIpc) is 2.69. The molecule has 2 N–H and O–H groups in total. The lowest BCUT2D eigenvalue weighted by Gasteiger charge is -2.10. The summed E-state index contributed by atoms with van der Waals surface area (Å²) in [7, 11) is 1.66. The molecule has 0 bridgehead atoms. The second-order valence-electron chi connectivity index (χ2n) is 5.75. The Kier molecular flexibility index (Phi) is 6.84. The Morgan fingerprint density at radius 3 is 2.52 bits per heavy atom. The summed E-state index contributed by atoms with van der Waals surface area (Å²) in [5.74, 6) is 2.06. The minimum absolute atomic E-state index is 0.492. The van der Waals surface area contributed by atoms with E-state index in [9.17, 15) is 0 Å². The van der Waals surface area contributed by atoms with Crippen molar-refractivity contribution < 1.29 is 9.47 Å². The number of anilines is 3. The van der Waals surface area contributed by atoms with E-state index in [0.717, 1.165) is 22.0 Å². The van der Waals surface area contributed by atoms with Crippen LogP contribution in [0.15, 0.2) is 60.8 Å². The van der Waals surface area contributed by atoms with Gasteiger partial charge in [-0.25, -0.2) is 4.98 Å². The van der Waals surface area contributed by atoms with E-state index < -0.39 is 0 Å². The summed E-state index contributed by atoms with van der Waals surface area (Å²) >= 11 is 5.89. The van der Waals surface area contributed by atoms with E-state index in [0.29, 0.717) is 31.5 Å². The van der Waals surface area contributed by atoms with Gasteiger partial charge >= 0.3 is 0 Å². The summed E-state index contributed by atoms with van der Waals surface area (Å²) in [5.41, 5.74) is 1.98. The Balaban J connectivity index is 1.54. The molecule has 2 aromatic carbocycles. The predicted octanol–water partition coefficient (Wildman–Crippen LogP) is 4.51. The van der Waals surface area contributed by atoms with Crippen LogP contribution in [0.25, 0.3) is 0 Å². The highest BCUT2D eigenvalue weighted by molar-refractivity contribution is 6.30. The molecule has 1 heterocycles. The Morgan fingerprint density at radius 2 is 1.78 bits per heavy atom. The lowest BCUT2D eigenvalue weighted by molar-refractivity contribution is 0.210. The Hall–Kier alpha value is -2.83. The van der Waals surface area contributed by atoms with E-state index in [1.54, 1.807) is 13.3 Å². The smallest absolute Gasteiger partial charge is 0.224 e. The van der Waals surface area contributed by atoms with E-state index in [2.05, 4.69) is 20.6 Å². The number of benzene rings is 2. The molecule has 0 saturated carbocycles. The maximum absolute atomic E-state index is 5.89. The van der Waals surface area contributed by atoms with Gasteiger partial charge in [-0.3, -0.25) is 0 Å². The number of ether oxygens (including phenoxy) is 2. The molecule has 0 unspecified atom stereocenters. The van der Waals surface area contributed by atoms with Crippen molar-refractivity contribution in [1.29, 1.82) is 0 Å². The monoisotopic (exact) mass is 384 g/mol. The molecule has 0 atom stereocenters. The van der Waals surface area contributed by atoms with Gasteiger partial charge in [0.15, 0.2) is 0 Å². The van der Waals surface area contributed by atoms with Crippen LogP contribution in [0.1, 0.15) is 5.56 Å². The maximum Gasteiger partial charge on any atom is 0.224 e. The van der Waals surface area contributed by atoms with Crippen molar-refractivity contribution in [2.75, 3.05) is 30.9 Å². The van der Waals surface area contributed by atoms with Crippen LogP contribution in [0, 0.1) is 0 Å². The summed E-state index contributed by atoms with van der Waals surface area (Å²) in [6, 6.07) is 17.1. The van der Waals surface area contributed by atoms with Gasteiger partial charge in [0.25, 0.3) is 0 Å². The van der Waals surface area contributed by atoms with E-state index in [1.807, 2.05) is 54.6 Å². The van der Waals surface area contributed by atoms with Crippen molar-refractivity contribution in [3.05, 3.63) is 71.4 Å². The van der Waals surface area contributed by atoms with Crippen LogP contribution in [0.3, 0.4) is 0 Å². The lowest BCUT2D eigenvalue weighted by Crippen LogP contribution is -2.10. The molecule has 6 nitrogen and oxygen atoms in total. The standard InChI is InChI=1S/C20H21ClN4O2/c1-26-13-12-23-20-22-11-10-19(25-20)24-17-6-8-18(9-7-17)27-14-15-2-4-16(21)5-3-15/h2-11H,12-14H2,1H3,(H2,22,23,24,25). The molecule has 0 aliphatic rings. The number of nitrogens with zero attached hydrogens (tertiary/aromatic N) is 2. The molecule has 0 saturated heterocycles. The Labute approximate surface area is 163 Å². The van der Waals surface area contributed by atoms with Crippen molar-refractivity contribution in [1.82, 2.24) is 9.97 Å². The zero-order valence-electron chi connectivity index (χ0n) is 15.0. The van der Waals surface area contributed by atoms with Crippen molar-refractivity contribution in [2.45, 2.75) is 6.61 Å². The molecule has 0 fully saturated rings. The van der Waals surface area contributed by atoms with E-state index in [1.165, 1.54) is 0 Å². The van der Waals surface area contributed by atoms with Gasteiger partial charge in [0.05, 0.1) is 6.61 Å². The first-order valence-electron chi connectivity index (χ1n) is 8.53. The minimum atomic E-state index is 0.492. The molecule has 140 valence electrons. The number of aromatic nitrogens is 2. The van der Waals surface area contributed by atoms with Crippen LogP contribution in [0.5, 0.6) is 5.75 Å². The maximum atomic E-state index is 5.89. The fourth-order valence-electron chi connectivity index (χ4n) is 2.31. The van der Waals surface area contributed by atoms with Crippen LogP contribution in [0.2, 0.25) is 5.02 Å². The summed E-state index contributed by atoms with van der Waals surface area (Å²) in [4.78, 5) is 8.59. The third-order valence-corrected chi connectivity index (χ3v) is 3.94. The highest BCUT2D eigenvalue weighted by Crippen LogP contribution is 2.20. The topological polar surface area (TPSA) is 68.3 Å². The molecule has 0 aliphatic carbocycles. The summed E-state index contributed by atoms with van der Waals surface area (Å²) in [6.07, 6.45) is 1.70. The summed E-state index contributed by atoms with van der Waals surface area (Å²) < 4.78 is 10.8. The van der Waals surface area contributed by atoms with Crippen molar-refractivity contribution in [3.63, 3.8) is 0 Å². The molecule has 3 rings (SSSR count). The van der Waals surface area contributed by atoms with Gasteiger partial charge in [0.2, 0.25) is 5.95 Å². The number of halogens is 1. The number of rotatable bonds is 9. The van der Waals surface area contributed by atoms with E-state index in [4.69, 9.17) is 21.1 Å². The lowest BCUT2D eigenvalue weighted by atomic mass is 10.2. The molecular formula is C20H21ClN4O2. The predicted molar refractivity (Wildman–Crippen MR) is 108 cm³/mol. The second-order valence-corrected chi connectivity index (χ2v) is 6.19. The number of hydrogen-bond donors (Lipinski definition) is 2. The molecule has 27 heavy (non-hydrogen) atoms. The molecule has 3 aromatic rings. The van der Waals surface area contributed by atoms with Gasteiger partial charge in [-0.05, 0) is 48.0 Å². The molecule has 1 aromatic heterocycles. The highest BCUT2D eigenvalue weighted by atomic mass is 35.5. The van der Waals surface area contributed by atoms with Gasteiger partial charge in [-0.2, -0.15) is 4.98 Å². The molecule has 0 aliphatic heterocycles. The third-order valence-electron chi connectivity index (χ3n) is 3.69. The average molecular weight is 385 g/mol. The van der Waals surface area contributed by atoms with E-state index >= 15 is 0 Å². The van der Waals surface area contributed by atoms with E-state index in [-0.39, 0.29) is 0 Å². The summed E-state index contributed by atoms with van der Waals surface area (Å²) in [5, 5.41) is 7.07. The van der Waals surface area contributed by atoms with Gasteiger partial charge in [-0.15, -0.1) is 0 Å². The quantitative estimate of drug-likeness (QED) is 0.529. The van der Waals surface area contributed by atoms with Crippen LogP contribution in [-0.4, -0.2) is 30.2 Å². The Bertz CT molecular complexity index is 841. The van der Waals surface area contributed by atoms with Gasteiger partial charge in [0, 0.05) is 30.6 Å². The largest absolute Gasteiger partial charge is 0.489 e. The third kappa shape index (κ3) is 6.13. The normalized spacial score (nSPS) is 10.4. The van der Waals surface area contributed by atoms with Gasteiger partial charge < -0.3 is 20.1 Å². The number of methoxy groups -OCH3 is 1. The SMILES string of the molecule is COCCNc1nccc(Nc2ccc(OCc3ccc(Cl)cc3)cc2)n1. The first-order valence-corrected chi connectivity index (χ1v) is 8.91. The zero-order valence-corrected chi connectivity index (χ0v) is 15.7. The highest BCUT2D eigenvalue weighted by Gasteiger charge is 2.01. The van der Waals surface area contributed by atoms with Crippen molar-refractivity contribution in [3.8, 4) is 5.75 Å².